The summed E-state index contributed by atoms with van der Waals surface area (Å²) in [4.78, 5) is 82.8. The second-order valence-corrected chi connectivity index (χ2v) is 22.4. The molecule has 1 spiro atoms. The highest BCUT2D eigenvalue weighted by Gasteiger charge is 2.57. The minimum absolute atomic E-state index is 0.132. The van der Waals surface area contributed by atoms with Gasteiger partial charge in [-0.3, -0.25) is 34.1 Å². The minimum atomic E-state index is -1.06. The van der Waals surface area contributed by atoms with Gasteiger partial charge in [-0.2, -0.15) is 0 Å². The Balaban J connectivity index is 1.11. The molecule has 16 heteroatoms. The number of hydrazine groups is 1. The molecule has 2 aromatic heterocycles. The highest BCUT2D eigenvalue weighted by molar-refractivity contribution is 5.97. The fourth-order valence-electron chi connectivity index (χ4n) is 10.9. The van der Waals surface area contributed by atoms with Gasteiger partial charge >= 0.3 is 12.0 Å². The number of likely N-dealkylation sites (N-methyl/N-ethyl adjacent to an activating group) is 1. The zero-order valence-electron chi connectivity index (χ0n) is 44.9. The number of amides is 5. The summed E-state index contributed by atoms with van der Waals surface area (Å²) in [6.45, 7) is 18.4. The van der Waals surface area contributed by atoms with E-state index in [1.165, 1.54) is 9.91 Å². The summed E-state index contributed by atoms with van der Waals surface area (Å²) in [6, 6.07) is 15.5. The molecule has 6 bridgehead atoms. The van der Waals surface area contributed by atoms with E-state index in [1.807, 2.05) is 71.8 Å². The molecule has 4 atom stereocenters. The summed E-state index contributed by atoms with van der Waals surface area (Å²) >= 11 is 0. The number of urea groups is 1. The number of carbonyl (C=O) groups is 5. The van der Waals surface area contributed by atoms with E-state index in [1.54, 1.807) is 30.2 Å². The van der Waals surface area contributed by atoms with Crippen LogP contribution in [0.2, 0.25) is 0 Å². The molecule has 16 nitrogen and oxygen atoms in total. The average Bonchev–Trinajstić information content (AvgIpc) is 3.64. The number of benzene rings is 2. The van der Waals surface area contributed by atoms with Gasteiger partial charge in [0.05, 0.1) is 35.2 Å². The van der Waals surface area contributed by atoms with Crippen LogP contribution in [0.5, 0.6) is 0 Å². The van der Waals surface area contributed by atoms with Gasteiger partial charge in [-0.05, 0) is 126 Å². The van der Waals surface area contributed by atoms with Crippen LogP contribution in [0.4, 0.5) is 4.79 Å². The van der Waals surface area contributed by atoms with Crippen molar-refractivity contribution in [3.05, 3.63) is 77.6 Å². The van der Waals surface area contributed by atoms with Crippen LogP contribution in [0.25, 0.3) is 33.3 Å². The molecule has 0 saturated carbocycles. The Labute approximate surface area is 431 Å². The van der Waals surface area contributed by atoms with Crippen LogP contribution in [0, 0.1) is 23.2 Å². The first-order valence-electron chi connectivity index (χ1n) is 25.9. The van der Waals surface area contributed by atoms with Crippen LogP contribution < -0.4 is 10.7 Å². The Kier molecular flexibility index (Phi) is 15.2. The number of pyridine rings is 1. The lowest BCUT2D eigenvalue weighted by molar-refractivity contribution is -0.155. The van der Waals surface area contributed by atoms with E-state index in [0.29, 0.717) is 52.0 Å². The highest BCUT2D eigenvalue weighted by atomic mass is 16.5. The second kappa shape index (κ2) is 20.9. The molecule has 2 aromatic carbocycles. The number of nitrogens with zero attached hydrogens (tertiary/aromatic N) is 7. The molecule has 4 aliphatic heterocycles. The van der Waals surface area contributed by atoms with Gasteiger partial charge in [-0.25, -0.2) is 10.2 Å². The number of likely N-dealkylation sites (tertiary alicyclic amines) is 2. The lowest BCUT2D eigenvalue weighted by atomic mass is 9.77. The van der Waals surface area contributed by atoms with Gasteiger partial charge in [0.15, 0.2) is 0 Å². The van der Waals surface area contributed by atoms with Gasteiger partial charge in [0.2, 0.25) is 5.91 Å². The summed E-state index contributed by atoms with van der Waals surface area (Å²) < 4.78 is 14.3. The molecule has 0 radical (unpaired) electrons. The number of rotatable bonds is 9. The Morgan fingerprint density at radius 3 is 2.42 bits per heavy atom. The lowest BCUT2D eigenvalue weighted by Crippen LogP contribution is -2.79. The summed E-state index contributed by atoms with van der Waals surface area (Å²) in [5.74, 6) is 3.93. The van der Waals surface area contributed by atoms with Crippen molar-refractivity contribution in [2.45, 2.75) is 129 Å². The van der Waals surface area contributed by atoms with Crippen LogP contribution in [0.3, 0.4) is 0 Å². The van der Waals surface area contributed by atoms with Crippen molar-refractivity contribution in [1.82, 2.24) is 44.9 Å². The van der Waals surface area contributed by atoms with Crippen molar-refractivity contribution in [2.75, 3.05) is 61.0 Å². The van der Waals surface area contributed by atoms with Crippen LogP contribution in [0.1, 0.15) is 97.6 Å². The third-order valence-corrected chi connectivity index (χ3v) is 15.7. The largest absolute Gasteiger partial charge is 0.464 e. The molecule has 6 heterocycles. The molecule has 3 fully saturated rings. The standard InChI is InChI=1S/C57H75N9O7/c1-13-64-46-22-21-40-31-42(46)43(50(64)41-19-15-26-58-48(41)37(4)72-12)32-55(5,6)35-73-53(70)44-20-16-27-66(60-44)52(69)45(30-38-17-14-18-39(40)29-38)59-51(68)49(36(2)3)62(11)54(71)65-28-25-57(65)33-63(34-57)47(67)23-24-56(7,8)61(9)10/h14-15,17-19,21-22,26,29,31,36-37,44-45,49,60H,13,16,20,25,27-28,30,32-35H2,1-12H3,(H,59,68)/t37?,44-,45-,49-/m0/s1. The number of ether oxygens (including phenoxy) is 2. The van der Waals surface area contributed by atoms with E-state index in [-0.39, 0.29) is 37.0 Å². The number of cyclic esters (lactones) is 1. The average molecular weight is 998 g/mol. The van der Waals surface area contributed by atoms with Gasteiger partial charge < -0.3 is 34.1 Å². The number of carbonyl (C=O) groups excluding carboxylic acids is 5. The normalized spacial score (nSPS) is 20.6. The predicted octanol–water partition coefficient (Wildman–Crippen LogP) is 6.45. The van der Waals surface area contributed by atoms with Gasteiger partial charge in [0.25, 0.3) is 11.8 Å². The molecule has 8 rings (SSSR count). The van der Waals surface area contributed by atoms with Crippen molar-refractivity contribution in [3.8, 4) is 34.2 Å². The highest BCUT2D eigenvalue weighted by Crippen LogP contribution is 2.43. The monoisotopic (exact) mass is 998 g/mol. The predicted molar refractivity (Wildman–Crippen MR) is 282 cm³/mol. The number of aryl methyl sites for hydroxylation is 1. The van der Waals surface area contributed by atoms with E-state index in [9.17, 15) is 24.0 Å². The van der Waals surface area contributed by atoms with Crippen LogP contribution in [-0.4, -0.2) is 154 Å². The molecular weight excluding hydrogens is 923 g/mol. The summed E-state index contributed by atoms with van der Waals surface area (Å²) in [5, 5.41) is 5.62. The quantitative estimate of drug-likeness (QED) is 0.141. The summed E-state index contributed by atoms with van der Waals surface area (Å²) in [5.41, 5.74) is 9.47. The van der Waals surface area contributed by atoms with Crippen molar-refractivity contribution in [3.63, 3.8) is 0 Å². The zero-order valence-corrected chi connectivity index (χ0v) is 44.9. The number of nitrogens with one attached hydrogen (secondary N) is 2. The van der Waals surface area contributed by atoms with E-state index in [4.69, 9.17) is 14.5 Å². The van der Waals surface area contributed by atoms with Gasteiger partial charge in [-0.1, -0.05) is 63.9 Å². The molecule has 4 aromatic rings. The molecule has 4 aliphatic rings. The van der Waals surface area contributed by atoms with E-state index in [0.717, 1.165) is 56.5 Å². The Morgan fingerprint density at radius 2 is 1.75 bits per heavy atom. The zero-order chi connectivity index (χ0) is 52.7. The number of esters is 1. The first-order valence-corrected chi connectivity index (χ1v) is 25.9. The SMILES string of the molecule is CCn1c(-c2cccnc2C(C)OC)c2c3cc(ccc31)-c1cccc(c1)C[C@H](NC(=O)[C@H](C(C)C)N(C)C(=O)N1CCC13CN(C(=O)C#CC(C)(C)N(C)C)C3)C(=O)N1CCC[C@H](N1)C(=O)OCC(C)(C)C2. The van der Waals surface area contributed by atoms with E-state index >= 15 is 0 Å². The molecule has 1 unspecified atom stereocenters. The maximum absolute atomic E-state index is 14.9. The van der Waals surface area contributed by atoms with Crippen LogP contribution in [-0.2, 0) is 48.0 Å². The third-order valence-electron chi connectivity index (χ3n) is 15.7. The Morgan fingerprint density at radius 1 is 1.01 bits per heavy atom. The number of hydrogen-bond acceptors (Lipinski definition) is 10. The van der Waals surface area contributed by atoms with Crippen molar-refractivity contribution in [2.24, 2.45) is 11.3 Å². The topological polar surface area (TPSA) is 162 Å². The van der Waals surface area contributed by atoms with Crippen molar-refractivity contribution < 1.29 is 33.4 Å². The molecule has 3 saturated heterocycles. The fourth-order valence-corrected chi connectivity index (χ4v) is 10.9. The minimum Gasteiger partial charge on any atom is -0.464 e. The fraction of sp³-hybridized carbons (Fsp3) is 0.544. The Hall–Kier alpha value is -6.28. The second-order valence-electron chi connectivity index (χ2n) is 22.4. The molecule has 73 heavy (non-hydrogen) atoms. The number of fused-ring (bicyclic) bond motifs is 6. The molecular formula is C57H75N9O7. The molecule has 5 amide bonds. The molecule has 390 valence electrons. The van der Waals surface area contributed by atoms with Crippen LogP contribution >= 0.6 is 0 Å². The number of hydrogen-bond donors (Lipinski definition) is 2. The van der Waals surface area contributed by atoms with Crippen molar-refractivity contribution >= 4 is 40.6 Å². The Bertz CT molecular complexity index is 2830. The van der Waals surface area contributed by atoms with Gasteiger partial charge in [0, 0.05) is 81.4 Å². The lowest BCUT2D eigenvalue weighted by Gasteiger charge is -2.62. The van der Waals surface area contributed by atoms with Crippen LogP contribution in [0.15, 0.2) is 60.8 Å². The third kappa shape index (κ3) is 10.6. The summed E-state index contributed by atoms with van der Waals surface area (Å²) in [7, 11) is 7.15. The maximum atomic E-state index is 14.9. The van der Waals surface area contributed by atoms with E-state index < -0.39 is 52.4 Å². The maximum Gasteiger partial charge on any atom is 0.324 e. The van der Waals surface area contributed by atoms with Crippen molar-refractivity contribution in [1.29, 1.82) is 0 Å². The number of aromatic nitrogens is 2. The smallest absolute Gasteiger partial charge is 0.324 e. The molecule has 2 N–H and O–H groups in total. The first-order chi connectivity index (χ1) is 34.6. The number of methoxy groups -OCH3 is 1. The summed E-state index contributed by atoms with van der Waals surface area (Å²) in [6.07, 6.45) is 4.01. The van der Waals surface area contributed by atoms with Gasteiger partial charge in [0.1, 0.15) is 18.1 Å². The van der Waals surface area contributed by atoms with E-state index in [2.05, 4.69) is 84.3 Å². The van der Waals surface area contributed by atoms with Gasteiger partial charge in [-0.15, -0.1) is 0 Å². The molecule has 0 aliphatic carbocycles. The first kappa shape index (κ1) is 53.0.